The first kappa shape index (κ1) is 20.7. The number of aromatic amines is 1. The average molecular weight is 457 g/mol. The second-order valence-electron chi connectivity index (χ2n) is 8.61. The molecule has 0 radical (unpaired) electrons. The van der Waals surface area contributed by atoms with Gasteiger partial charge in [0.15, 0.2) is 0 Å². The fourth-order valence-corrected chi connectivity index (χ4v) is 4.02. The summed E-state index contributed by atoms with van der Waals surface area (Å²) in [5.74, 6) is 5.63. The van der Waals surface area contributed by atoms with Gasteiger partial charge in [0, 0.05) is 11.5 Å². The molecule has 0 spiro atoms. The number of amides is 1. The van der Waals surface area contributed by atoms with E-state index in [0.29, 0.717) is 28.4 Å². The third-order valence-electron chi connectivity index (χ3n) is 5.67. The Bertz CT molecular complexity index is 1370. The summed E-state index contributed by atoms with van der Waals surface area (Å²) in [5, 5.41) is 0.159. The largest absolute Gasteiger partial charge is 0.335 e. The maximum absolute atomic E-state index is 13.8. The number of hydrogen-bond donors (Lipinski definition) is 1. The van der Waals surface area contributed by atoms with Crippen molar-refractivity contribution in [1.82, 2.24) is 19.4 Å². The van der Waals surface area contributed by atoms with E-state index in [1.54, 1.807) is 0 Å². The molecule has 3 heterocycles. The number of nitrogens with zero attached hydrogens (tertiary/aromatic N) is 3. The number of hydrogen-bond acceptors (Lipinski definition) is 3. The minimum absolute atomic E-state index is 0.000639. The molecule has 1 amide bonds. The number of carbonyl (C=O) groups is 1. The van der Waals surface area contributed by atoms with Gasteiger partial charge in [-0.1, -0.05) is 23.6 Å². The van der Waals surface area contributed by atoms with E-state index in [1.165, 1.54) is 40.9 Å². The maximum Gasteiger partial charge on any atom is 0.263 e. The molecule has 5 rings (SSSR count). The monoisotopic (exact) mass is 456 g/mol. The lowest BCUT2D eigenvalue weighted by Crippen LogP contribution is -2.60. The number of halogens is 3. The first-order chi connectivity index (χ1) is 15.2. The summed E-state index contributed by atoms with van der Waals surface area (Å²) in [4.78, 5) is 34.6. The molecule has 1 aromatic carbocycles. The summed E-state index contributed by atoms with van der Waals surface area (Å²) >= 11 is 5.99. The van der Waals surface area contributed by atoms with Crippen molar-refractivity contribution in [3.63, 3.8) is 0 Å². The number of likely N-dealkylation sites (tertiary alicyclic amines) is 1. The lowest BCUT2D eigenvalue weighted by atomic mass is 9.99. The third-order valence-corrected chi connectivity index (χ3v) is 5.96. The SMILES string of the molecule is CC1(F)CN(C(=O)Cn2cnc3[nH]c(C#CC4CC4)c(-c4ccc(F)c(Cl)c4)c3c2=O)C1. The highest BCUT2D eigenvalue weighted by molar-refractivity contribution is 6.31. The molecular weight excluding hydrogens is 438 g/mol. The zero-order valence-electron chi connectivity index (χ0n) is 17.2. The molecule has 2 aliphatic rings. The Hall–Kier alpha value is -3.18. The molecule has 0 bridgehead atoms. The zero-order chi connectivity index (χ0) is 22.6. The Balaban J connectivity index is 1.60. The van der Waals surface area contributed by atoms with E-state index < -0.39 is 17.0 Å². The molecule has 1 aliphatic carbocycles. The van der Waals surface area contributed by atoms with E-state index in [0.717, 1.165) is 12.8 Å². The van der Waals surface area contributed by atoms with Gasteiger partial charge in [-0.2, -0.15) is 0 Å². The topological polar surface area (TPSA) is 71.0 Å². The van der Waals surface area contributed by atoms with Crippen LogP contribution in [0.3, 0.4) is 0 Å². The van der Waals surface area contributed by atoms with Crippen molar-refractivity contribution in [1.29, 1.82) is 0 Å². The predicted octanol–water partition coefficient (Wildman–Crippen LogP) is 3.52. The Morgan fingerprint density at radius 3 is 2.78 bits per heavy atom. The van der Waals surface area contributed by atoms with Crippen LogP contribution in [-0.4, -0.2) is 44.1 Å². The van der Waals surface area contributed by atoms with Gasteiger partial charge in [0.2, 0.25) is 5.91 Å². The quantitative estimate of drug-likeness (QED) is 0.613. The second kappa shape index (κ2) is 7.45. The van der Waals surface area contributed by atoms with Crippen LogP contribution >= 0.6 is 11.6 Å². The van der Waals surface area contributed by atoms with Gasteiger partial charge in [-0.15, -0.1) is 0 Å². The number of H-pyrrole nitrogens is 1. The van der Waals surface area contributed by atoms with Gasteiger partial charge in [-0.05, 0) is 43.4 Å². The number of carbonyl (C=O) groups excluding carboxylic acids is 1. The van der Waals surface area contributed by atoms with Crippen LogP contribution in [0.5, 0.6) is 0 Å². The van der Waals surface area contributed by atoms with Crippen molar-refractivity contribution in [2.75, 3.05) is 13.1 Å². The highest BCUT2D eigenvalue weighted by Crippen LogP contribution is 2.33. The van der Waals surface area contributed by atoms with Crippen LogP contribution < -0.4 is 5.56 Å². The number of alkyl halides is 1. The fraction of sp³-hybridized carbons (Fsp3) is 0.348. The third kappa shape index (κ3) is 3.78. The number of benzene rings is 1. The van der Waals surface area contributed by atoms with E-state index >= 15 is 0 Å². The van der Waals surface area contributed by atoms with Gasteiger partial charge in [0.25, 0.3) is 5.56 Å². The standard InChI is InChI=1S/C23H19ClF2N4O2/c1-23(26)10-30(11-23)18(31)9-29-12-27-21-20(22(29)32)19(14-5-6-16(25)15(24)8-14)17(28-21)7-4-13-2-3-13/h5-6,8,12-13,28H,2-3,9-11H2,1H3. The normalized spacial score (nSPS) is 17.1. The molecule has 1 N–H and O–H groups in total. The molecule has 6 nitrogen and oxygen atoms in total. The van der Waals surface area contributed by atoms with Gasteiger partial charge in [0.1, 0.15) is 30.0 Å². The van der Waals surface area contributed by atoms with Gasteiger partial charge < -0.3 is 9.88 Å². The van der Waals surface area contributed by atoms with Crippen LogP contribution in [-0.2, 0) is 11.3 Å². The minimum atomic E-state index is -1.40. The predicted molar refractivity (Wildman–Crippen MR) is 116 cm³/mol. The Kier molecular flexibility index (Phi) is 4.82. The first-order valence-electron chi connectivity index (χ1n) is 10.3. The summed E-state index contributed by atoms with van der Waals surface area (Å²) in [6.07, 6.45) is 3.35. The summed E-state index contributed by atoms with van der Waals surface area (Å²) in [7, 11) is 0. The Morgan fingerprint density at radius 1 is 1.38 bits per heavy atom. The summed E-state index contributed by atoms with van der Waals surface area (Å²) in [6, 6.07) is 4.19. The molecule has 0 atom stereocenters. The molecule has 9 heteroatoms. The van der Waals surface area contributed by atoms with E-state index in [2.05, 4.69) is 21.8 Å². The fourth-order valence-electron chi connectivity index (χ4n) is 3.84. The molecule has 1 saturated heterocycles. The molecule has 3 aromatic rings. The lowest BCUT2D eigenvalue weighted by Gasteiger charge is -2.42. The van der Waals surface area contributed by atoms with E-state index in [4.69, 9.17) is 11.6 Å². The zero-order valence-corrected chi connectivity index (χ0v) is 18.0. The molecule has 1 aliphatic heterocycles. The van der Waals surface area contributed by atoms with Crippen molar-refractivity contribution in [3.8, 4) is 23.0 Å². The number of rotatable bonds is 3. The summed E-state index contributed by atoms with van der Waals surface area (Å²) < 4.78 is 28.7. The Labute approximate surface area is 187 Å². The number of fused-ring (bicyclic) bond motifs is 1. The van der Waals surface area contributed by atoms with Crippen molar-refractivity contribution in [3.05, 3.63) is 51.4 Å². The van der Waals surface area contributed by atoms with Crippen LogP contribution in [0.15, 0.2) is 29.3 Å². The van der Waals surface area contributed by atoms with E-state index in [9.17, 15) is 18.4 Å². The highest BCUT2D eigenvalue weighted by Gasteiger charge is 2.41. The molecule has 164 valence electrons. The summed E-state index contributed by atoms with van der Waals surface area (Å²) in [6.45, 7) is 1.18. The van der Waals surface area contributed by atoms with E-state index in [1.807, 2.05) is 0 Å². The first-order valence-corrected chi connectivity index (χ1v) is 10.6. The molecule has 0 unspecified atom stereocenters. The smallest absolute Gasteiger partial charge is 0.263 e. The minimum Gasteiger partial charge on any atom is -0.335 e. The van der Waals surface area contributed by atoms with Crippen molar-refractivity contribution < 1.29 is 13.6 Å². The highest BCUT2D eigenvalue weighted by atomic mass is 35.5. The molecule has 2 fully saturated rings. The van der Waals surface area contributed by atoms with E-state index in [-0.39, 0.29) is 36.0 Å². The van der Waals surface area contributed by atoms with Crippen LogP contribution in [0, 0.1) is 23.6 Å². The van der Waals surface area contributed by atoms with Crippen molar-refractivity contribution in [2.24, 2.45) is 5.92 Å². The molecule has 2 aromatic heterocycles. The average Bonchev–Trinajstić information content (AvgIpc) is 3.48. The summed E-state index contributed by atoms with van der Waals surface area (Å²) in [5.41, 5.74) is -0.0591. The van der Waals surface area contributed by atoms with Gasteiger partial charge in [0.05, 0.1) is 29.2 Å². The van der Waals surface area contributed by atoms with Gasteiger partial charge >= 0.3 is 0 Å². The van der Waals surface area contributed by atoms with Crippen LogP contribution in [0.1, 0.15) is 25.5 Å². The van der Waals surface area contributed by atoms with Gasteiger partial charge in [-0.25, -0.2) is 13.8 Å². The van der Waals surface area contributed by atoms with Crippen molar-refractivity contribution in [2.45, 2.75) is 32.0 Å². The number of aromatic nitrogens is 3. The lowest BCUT2D eigenvalue weighted by molar-refractivity contribution is -0.144. The molecule has 32 heavy (non-hydrogen) atoms. The Morgan fingerprint density at radius 2 is 2.12 bits per heavy atom. The second-order valence-corrected chi connectivity index (χ2v) is 9.02. The molecular formula is C23H19ClF2N4O2. The van der Waals surface area contributed by atoms with Crippen molar-refractivity contribution >= 4 is 28.5 Å². The van der Waals surface area contributed by atoms with Gasteiger partial charge in [-0.3, -0.25) is 14.2 Å². The number of nitrogens with one attached hydrogen (secondary N) is 1. The van der Waals surface area contributed by atoms with Crippen LogP contribution in [0.25, 0.3) is 22.2 Å². The maximum atomic E-state index is 13.8. The molecule has 1 saturated carbocycles. The van der Waals surface area contributed by atoms with Crippen LogP contribution in [0.4, 0.5) is 8.78 Å². The van der Waals surface area contributed by atoms with Crippen LogP contribution in [0.2, 0.25) is 5.02 Å².